The maximum absolute atomic E-state index is 11.5. The number of carbonyl (C=O) groups is 2. The van der Waals surface area contributed by atoms with Gasteiger partial charge in [0.05, 0.1) is 12.1 Å². The topological polar surface area (TPSA) is 81.7 Å². The van der Waals surface area contributed by atoms with Crippen molar-refractivity contribution < 1.29 is 14.7 Å². The van der Waals surface area contributed by atoms with Gasteiger partial charge in [-0.1, -0.05) is 13.8 Å². The Morgan fingerprint density at radius 1 is 1.39 bits per heavy atom. The fourth-order valence-corrected chi connectivity index (χ4v) is 2.02. The van der Waals surface area contributed by atoms with Gasteiger partial charge in [0.15, 0.2) is 0 Å². The molecule has 1 heterocycles. The van der Waals surface area contributed by atoms with E-state index < -0.39 is 11.6 Å². The predicted octanol–water partition coefficient (Wildman–Crippen LogP) is -0.323. The monoisotopic (exact) mass is 255 g/mol. The van der Waals surface area contributed by atoms with Crippen LogP contribution in [0.4, 0.5) is 4.79 Å². The van der Waals surface area contributed by atoms with Crippen LogP contribution in [-0.2, 0) is 4.79 Å². The summed E-state index contributed by atoms with van der Waals surface area (Å²) in [6, 6.07) is -0.171. The van der Waals surface area contributed by atoms with E-state index in [1.807, 2.05) is 18.7 Å². The van der Waals surface area contributed by atoms with E-state index in [2.05, 4.69) is 10.6 Å². The molecule has 0 aromatic heterocycles. The molecule has 3 amide bonds. The molecule has 0 aromatic rings. The van der Waals surface area contributed by atoms with Crippen LogP contribution >= 0.6 is 0 Å². The summed E-state index contributed by atoms with van der Waals surface area (Å²) in [6.07, 6.45) is 1.99. The molecule has 0 atom stereocenters. The Bertz CT molecular complexity index is 346. The van der Waals surface area contributed by atoms with Crippen LogP contribution in [0.3, 0.4) is 0 Å². The normalized spacial score (nSPS) is 22.4. The molecule has 1 aliphatic carbocycles. The lowest BCUT2D eigenvalue weighted by Gasteiger charge is -2.48. The standard InChI is InChI=1S/C12H21N3O3/c1-8(2)12(18)6-15(7-12)5-10(16)14-11(17)13-9-3-4-9/h8-9,18H,3-7H2,1-2H3,(H2,13,14,16,17). The summed E-state index contributed by atoms with van der Waals surface area (Å²) in [5.74, 6) is -0.145. The molecule has 0 unspecified atom stereocenters. The minimum absolute atomic E-state index is 0.160. The van der Waals surface area contributed by atoms with E-state index in [0.717, 1.165) is 12.8 Å². The van der Waals surface area contributed by atoms with Crippen LogP contribution in [0.15, 0.2) is 0 Å². The molecule has 0 radical (unpaired) electrons. The first kappa shape index (κ1) is 13.3. The molecule has 1 saturated carbocycles. The summed E-state index contributed by atoms with van der Waals surface area (Å²) in [6.45, 7) is 5.05. The Balaban J connectivity index is 1.65. The van der Waals surface area contributed by atoms with E-state index >= 15 is 0 Å². The zero-order valence-electron chi connectivity index (χ0n) is 10.9. The third kappa shape index (κ3) is 3.20. The number of nitrogens with one attached hydrogen (secondary N) is 2. The van der Waals surface area contributed by atoms with Crippen molar-refractivity contribution in [2.45, 2.75) is 38.3 Å². The van der Waals surface area contributed by atoms with Crippen molar-refractivity contribution in [2.24, 2.45) is 5.92 Å². The minimum Gasteiger partial charge on any atom is -0.387 e. The van der Waals surface area contributed by atoms with Gasteiger partial charge in [-0.25, -0.2) is 4.79 Å². The molecule has 2 aliphatic rings. The Morgan fingerprint density at radius 2 is 2.00 bits per heavy atom. The molecule has 0 aromatic carbocycles. The van der Waals surface area contributed by atoms with Crippen molar-refractivity contribution >= 4 is 11.9 Å². The van der Waals surface area contributed by atoms with Gasteiger partial charge < -0.3 is 10.4 Å². The first-order valence-corrected chi connectivity index (χ1v) is 6.44. The second-order valence-corrected chi connectivity index (χ2v) is 5.70. The lowest BCUT2D eigenvalue weighted by molar-refractivity contribution is -0.141. The van der Waals surface area contributed by atoms with Gasteiger partial charge in [0, 0.05) is 19.1 Å². The summed E-state index contributed by atoms with van der Waals surface area (Å²) >= 11 is 0. The van der Waals surface area contributed by atoms with Crippen molar-refractivity contribution in [3.63, 3.8) is 0 Å². The average Bonchev–Trinajstić information content (AvgIpc) is 2.98. The SMILES string of the molecule is CC(C)C1(O)CN(CC(=O)NC(=O)NC2CC2)C1. The van der Waals surface area contributed by atoms with Crippen LogP contribution < -0.4 is 10.6 Å². The van der Waals surface area contributed by atoms with Crippen molar-refractivity contribution in [1.82, 2.24) is 15.5 Å². The summed E-state index contributed by atoms with van der Waals surface area (Å²) in [4.78, 5) is 24.7. The molecule has 102 valence electrons. The van der Waals surface area contributed by atoms with Gasteiger partial charge >= 0.3 is 6.03 Å². The molecule has 1 saturated heterocycles. The van der Waals surface area contributed by atoms with Crippen LogP contribution in [0.1, 0.15) is 26.7 Å². The second-order valence-electron chi connectivity index (χ2n) is 5.70. The van der Waals surface area contributed by atoms with Gasteiger partial charge in [-0.2, -0.15) is 0 Å². The van der Waals surface area contributed by atoms with E-state index in [1.54, 1.807) is 0 Å². The number of aliphatic hydroxyl groups is 1. The van der Waals surface area contributed by atoms with Crippen LogP contribution in [0.5, 0.6) is 0 Å². The van der Waals surface area contributed by atoms with Crippen LogP contribution in [0.25, 0.3) is 0 Å². The minimum atomic E-state index is -0.684. The van der Waals surface area contributed by atoms with E-state index in [9.17, 15) is 14.7 Å². The van der Waals surface area contributed by atoms with Gasteiger partial charge in [0.2, 0.25) is 5.91 Å². The van der Waals surface area contributed by atoms with E-state index in [-0.39, 0.29) is 24.4 Å². The molecule has 18 heavy (non-hydrogen) atoms. The van der Waals surface area contributed by atoms with Crippen molar-refractivity contribution in [3.05, 3.63) is 0 Å². The highest BCUT2D eigenvalue weighted by Gasteiger charge is 2.44. The number of hydrogen-bond acceptors (Lipinski definition) is 4. The maximum Gasteiger partial charge on any atom is 0.321 e. The molecular formula is C12H21N3O3. The summed E-state index contributed by atoms with van der Waals surface area (Å²) in [7, 11) is 0. The highest BCUT2D eigenvalue weighted by atomic mass is 16.3. The van der Waals surface area contributed by atoms with Gasteiger partial charge in [-0.15, -0.1) is 0 Å². The van der Waals surface area contributed by atoms with Gasteiger partial charge in [0.25, 0.3) is 0 Å². The fraction of sp³-hybridized carbons (Fsp3) is 0.833. The molecule has 3 N–H and O–H groups in total. The van der Waals surface area contributed by atoms with Crippen LogP contribution in [0, 0.1) is 5.92 Å². The number of imide groups is 1. The van der Waals surface area contributed by atoms with Crippen LogP contribution in [0.2, 0.25) is 0 Å². The van der Waals surface area contributed by atoms with Crippen molar-refractivity contribution in [1.29, 1.82) is 0 Å². The Morgan fingerprint density at radius 3 is 2.50 bits per heavy atom. The smallest absolute Gasteiger partial charge is 0.321 e. The number of rotatable bonds is 4. The fourth-order valence-electron chi connectivity index (χ4n) is 2.02. The average molecular weight is 255 g/mol. The number of likely N-dealkylation sites (tertiary alicyclic amines) is 1. The number of hydrogen-bond donors (Lipinski definition) is 3. The Kier molecular flexibility index (Phi) is 3.59. The lowest BCUT2D eigenvalue weighted by atomic mass is 9.83. The number of amides is 3. The van der Waals surface area contributed by atoms with Gasteiger partial charge in [-0.05, 0) is 18.8 Å². The van der Waals surface area contributed by atoms with E-state index in [4.69, 9.17) is 0 Å². The number of urea groups is 1. The van der Waals surface area contributed by atoms with Crippen LogP contribution in [-0.4, -0.2) is 53.2 Å². The highest BCUT2D eigenvalue weighted by molar-refractivity contribution is 5.95. The molecule has 1 aliphatic heterocycles. The summed E-state index contributed by atoms with van der Waals surface area (Å²) in [5.41, 5.74) is -0.684. The molecule has 2 fully saturated rings. The zero-order valence-corrected chi connectivity index (χ0v) is 10.9. The zero-order chi connectivity index (χ0) is 13.3. The lowest BCUT2D eigenvalue weighted by Crippen LogP contribution is -2.66. The third-order valence-corrected chi connectivity index (χ3v) is 3.60. The first-order valence-electron chi connectivity index (χ1n) is 6.44. The number of β-amino-alcohol motifs (C(OH)–C–C–N with tert-alkyl or cyclic N) is 1. The van der Waals surface area contributed by atoms with Gasteiger partial charge in [-0.3, -0.25) is 15.0 Å². The molecule has 6 nitrogen and oxygen atoms in total. The highest BCUT2D eigenvalue weighted by Crippen LogP contribution is 2.27. The molecule has 0 bridgehead atoms. The second kappa shape index (κ2) is 4.85. The van der Waals surface area contributed by atoms with Gasteiger partial charge in [0.1, 0.15) is 0 Å². The maximum atomic E-state index is 11.5. The number of nitrogens with zero attached hydrogens (tertiary/aromatic N) is 1. The van der Waals surface area contributed by atoms with E-state index in [1.165, 1.54) is 0 Å². The van der Waals surface area contributed by atoms with Crippen molar-refractivity contribution in [2.75, 3.05) is 19.6 Å². The molecule has 2 rings (SSSR count). The van der Waals surface area contributed by atoms with E-state index in [0.29, 0.717) is 13.1 Å². The number of carbonyl (C=O) groups excluding carboxylic acids is 2. The Hall–Kier alpha value is -1.14. The predicted molar refractivity (Wildman–Crippen MR) is 65.9 cm³/mol. The molecule has 0 spiro atoms. The third-order valence-electron chi connectivity index (χ3n) is 3.60. The molecule has 6 heteroatoms. The first-order chi connectivity index (χ1) is 8.39. The summed E-state index contributed by atoms with van der Waals surface area (Å²) in [5, 5.41) is 15.0. The van der Waals surface area contributed by atoms with Crippen molar-refractivity contribution in [3.8, 4) is 0 Å². The largest absolute Gasteiger partial charge is 0.387 e. The summed E-state index contributed by atoms with van der Waals surface area (Å²) < 4.78 is 0. The molecular weight excluding hydrogens is 234 g/mol. The Labute approximate surface area is 107 Å². The quantitative estimate of drug-likeness (QED) is 0.643.